The van der Waals surface area contributed by atoms with Gasteiger partial charge in [0.15, 0.2) is 7.26 Å². The zero-order valence-corrected chi connectivity index (χ0v) is 21.3. The molecule has 0 radical (unpaired) electrons. The van der Waals surface area contributed by atoms with Crippen LogP contribution in [0.25, 0.3) is 0 Å². The third-order valence-electron chi connectivity index (χ3n) is 5.76. The molecule has 1 aromatic heterocycles. The van der Waals surface area contributed by atoms with Gasteiger partial charge in [-0.3, -0.25) is 4.79 Å². The summed E-state index contributed by atoms with van der Waals surface area (Å²) in [5.74, 6) is 0.772. The molecule has 4 aromatic rings. The highest BCUT2D eigenvalue weighted by Gasteiger charge is 2.53. The maximum atomic E-state index is 11.8. The summed E-state index contributed by atoms with van der Waals surface area (Å²) in [6, 6.07) is 31.4. The second-order valence-corrected chi connectivity index (χ2v) is 12.0. The van der Waals surface area contributed by atoms with Crippen LogP contribution < -0.4 is 44.9 Å². The number of rotatable bonds is 6. The maximum Gasteiger partial charge on any atom is 0.265 e. The van der Waals surface area contributed by atoms with Gasteiger partial charge in [0.25, 0.3) is 17.2 Å². The fraction of sp³-hybridized carbons (Fsp3) is 0.154. The predicted molar refractivity (Wildman–Crippen MR) is 130 cm³/mol. The quantitative estimate of drug-likeness (QED) is 0.203. The Morgan fingerprint density at radius 2 is 1.16 bits per heavy atom. The monoisotopic (exact) mass is 542 g/mol. The molecule has 0 spiro atoms. The van der Waals surface area contributed by atoms with E-state index in [9.17, 15) is 4.79 Å². The molecule has 0 bridgehead atoms. The van der Waals surface area contributed by atoms with Crippen molar-refractivity contribution in [3.8, 4) is 0 Å². The highest BCUT2D eigenvalue weighted by atomic mass is 35.7. The van der Waals surface area contributed by atoms with Crippen molar-refractivity contribution in [1.82, 2.24) is 4.98 Å². The first-order valence-corrected chi connectivity index (χ1v) is 14.3. The summed E-state index contributed by atoms with van der Waals surface area (Å²) in [7, 11) is -7.39. The topological polar surface area (TPSA) is 148 Å². The van der Waals surface area contributed by atoms with Crippen molar-refractivity contribution in [3.05, 3.63) is 96.9 Å². The number of aldehydes is 1. The number of carbonyl (C=O) groups is 1. The summed E-state index contributed by atoms with van der Waals surface area (Å²) >= 11 is 0. The first-order chi connectivity index (χ1) is 17.8. The predicted octanol–water partition coefficient (Wildman–Crippen LogP) is -1.81. The average molecular weight is 543 g/mol. The third kappa shape index (κ3) is 6.23. The minimum Gasteiger partial charge on any atom is -0.413 e. The van der Waals surface area contributed by atoms with Crippen LogP contribution in [-0.2, 0) is 4.74 Å². The number of hydrogen-bond acceptors (Lipinski definition) is 9. The Balaban J connectivity index is 0.000000586. The Labute approximate surface area is 216 Å². The highest BCUT2D eigenvalue weighted by Crippen LogP contribution is 2.55. The molecule has 37 heavy (non-hydrogen) atoms. The molecule has 0 aliphatic carbocycles. The van der Waals surface area contributed by atoms with Crippen molar-refractivity contribution in [2.24, 2.45) is 0 Å². The molecular formula is C26H24ClN2O7P. The van der Waals surface area contributed by atoms with Crippen LogP contribution in [0.3, 0.4) is 0 Å². The molecule has 11 heteroatoms. The molecule has 1 aliphatic heterocycles. The third-order valence-corrected chi connectivity index (χ3v) is 9.90. The van der Waals surface area contributed by atoms with E-state index in [0.717, 1.165) is 21.3 Å². The van der Waals surface area contributed by atoms with Crippen molar-refractivity contribution in [1.29, 1.82) is 0 Å². The summed E-state index contributed by atoms with van der Waals surface area (Å²) in [6.07, 6.45) is 0.698. The van der Waals surface area contributed by atoms with Crippen LogP contribution in [0, 0.1) is 10.2 Å². The number of carbonyl (C=O) groups excluding carboxylic acids is 1. The standard InChI is InChI=1S/C26H24N2O3P.ClHO4/c29-20-24-27-25(26(31-24)28-16-18-30-19-17-28)32(21-10-4-1-5-11-21,22-12-6-2-7-13-22)23-14-8-3-9-15-23;2-1(3,4)5/h1-15,20H,16-19H2;(H,2,3,4,5)/q+1;/p-1. The maximum absolute atomic E-state index is 11.8. The van der Waals surface area contributed by atoms with Crippen molar-refractivity contribution < 1.29 is 42.8 Å². The van der Waals surface area contributed by atoms with Gasteiger partial charge in [0.05, 0.1) is 13.2 Å². The Kier molecular flexibility index (Phi) is 8.68. The zero-order chi connectivity index (χ0) is 26.3. The van der Waals surface area contributed by atoms with E-state index in [-0.39, 0.29) is 5.89 Å². The lowest BCUT2D eigenvalue weighted by molar-refractivity contribution is -2.00. The van der Waals surface area contributed by atoms with Crippen LogP contribution in [0.5, 0.6) is 0 Å². The fourth-order valence-electron chi connectivity index (χ4n) is 4.33. The first kappa shape index (κ1) is 26.9. The van der Waals surface area contributed by atoms with Crippen molar-refractivity contribution in [3.63, 3.8) is 0 Å². The van der Waals surface area contributed by atoms with Crippen molar-refractivity contribution >= 4 is 40.8 Å². The highest BCUT2D eigenvalue weighted by molar-refractivity contribution is 8.01. The molecule has 1 saturated heterocycles. The summed E-state index contributed by atoms with van der Waals surface area (Å²) in [4.78, 5) is 18.8. The molecule has 1 fully saturated rings. The summed E-state index contributed by atoms with van der Waals surface area (Å²) in [5, 5.41) is 3.49. The molecule has 2 heterocycles. The molecule has 192 valence electrons. The van der Waals surface area contributed by atoms with Gasteiger partial charge in [0, 0.05) is 13.1 Å². The molecule has 0 unspecified atom stereocenters. The smallest absolute Gasteiger partial charge is 0.265 e. The molecule has 5 rings (SSSR count). The lowest BCUT2D eigenvalue weighted by atomic mass is 10.4. The van der Waals surface area contributed by atoms with Gasteiger partial charge in [-0.05, 0) is 36.4 Å². The van der Waals surface area contributed by atoms with Gasteiger partial charge in [0.2, 0.25) is 6.29 Å². The summed E-state index contributed by atoms with van der Waals surface area (Å²) in [5.41, 5.74) is 0.824. The molecule has 0 N–H and O–H groups in total. The van der Waals surface area contributed by atoms with Crippen LogP contribution in [0.4, 0.5) is 5.88 Å². The van der Waals surface area contributed by atoms with E-state index in [1.807, 2.05) is 18.2 Å². The molecule has 3 aromatic carbocycles. The SMILES string of the molecule is O=Cc1nc([P+](c2ccccc2)(c2ccccc2)c2ccccc2)c(N2CCOCC2)o1.[O-][Cl+3]([O-])([O-])[O-]. The minimum absolute atomic E-state index is 0.105. The number of oxazole rings is 1. The van der Waals surface area contributed by atoms with Crippen LogP contribution in [0.2, 0.25) is 0 Å². The first-order valence-electron chi connectivity index (χ1n) is 11.3. The van der Waals surface area contributed by atoms with Gasteiger partial charge in [-0.1, -0.05) is 54.6 Å². The fourth-order valence-corrected chi connectivity index (χ4v) is 8.54. The number of benzene rings is 3. The number of aromatic nitrogens is 1. The molecule has 0 atom stereocenters. The van der Waals surface area contributed by atoms with Gasteiger partial charge in [0.1, 0.15) is 15.9 Å². The van der Waals surface area contributed by atoms with Crippen molar-refractivity contribution in [2.45, 2.75) is 0 Å². The molecule has 9 nitrogen and oxygen atoms in total. The Morgan fingerprint density at radius 1 is 0.757 bits per heavy atom. The van der Waals surface area contributed by atoms with E-state index in [2.05, 4.69) is 77.7 Å². The number of halogens is 1. The number of ether oxygens (including phenoxy) is 1. The summed E-state index contributed by atoms with van der Waals surface area (Å²) in [6.45, 7) is 2.62. The Bertz CT molecular complexity index is 1180. The molecule has 0 saturated carbocycles. The summed E-state index contributed by atoms with van der Waals surface area (Å²) < 4.78 is 45.6. The van der Waals surface area contributed by atoms with E-state index >= 15 is 0 Å². The van der Waals surface area contributed by atoms with Crippen LogP contribution in [0.1, 0.15) is 10.7 Å². The van der Waals surface area contributed by atoms with E-state index < -0.39 is 17.5 Å². The van der Waals surface area contributed by atoms with E-state index in [0.29, 0.717) is 38.5 Å². The van der Waals surface area contributed by atoms with Crippen LogP contribution in [0.15, 0.2) is 95.4 Å². The van der Waals surface area contributed by atoms with E-state index in [1.165, 1.54) is 0 Å². The molecule has 1 aliphatic rings. The zero-order valence-electron chi connectivity index (χ0n) is 19.6. The number of anilines is 1. The van der Waals surface area contributed by atoms with Gasteiger partial charge < -0.3 is 14.1 Å². The van der Waals surface area contributed by atoms with E-state index in [4.69, 9.17) is 32.8 Å². The number of morpholine rings is 1. The lowest BCUT2D eigenvalue weighted by Crippen LogP contribution is -2.68. The van der Waals surface area contributed by atoms with Crippen LogP contribution >= 0.6 is 7.26 Å². The second-order valence-electron chi connectivity index (χ2n) is 7.95. The molecule has 0 amide bonds. The minimum atomic E-state index is -4.94. The lowest BCUT2D eigenvalue weighted by Gasteiger charge is -2.30. The van der Waals surface area contributed by atoms with E-state index in [1.54, 1.807) is 0 Å². The number of nitrogens with zero attached hydrogens (tertiary/aromatic N) is 2. The van der Waals surface area contributed by atoms with Gasteiger partial charge in [-0.2, -0.15) is 4.98 Å². The Hall–Kier alpha value is -3.14. The van der Waals surface area contributed by atoms with Crippen LogP contribution in [-0.4, -0.2) is 37.6 Å². The van der Waals surface area contributed by atoms with Gasteiger partial charge in [-0.25, -0.2) is 18.6 Å². The Morgan fingerprint density at radius 3 is 1.54 bits per heavy atom. The average Bonchev–Trinajstić information content (AvgIpc) is 3.35. The van der Waals surface area contributed by atoms with Gasteiger partial charge in [-0.15, -0.1) is 10.2 Å². The second kappa shape index (κ2) is 11.9. The van der Waals surface area contributed by atoms with Crippen molar-refractivity contribution in [2.75, 3.05) is 31.2 Å². The number of hydrogen-bond donors (Lipinski definition) is 0. The largest absolute Gasteiger partial charge is 0.413 e. The van der Waals surface area contributed by atoms with Gasteiger partial charge >= 0.3 is 0 Å². The normalized spacial score (nSPS) is 14.0. The molecular weight excluding hydrogens is 519 g/mol.